The summed E-state index contributed by atoms with van der Waals surface area (Å²) < 4.78 is 20.2. The number of anilines is 2. The lowest BCUT2D eigenvalue weighted by molar-refractivity contribution is 0.580. The van der Waals surface area contributed by atoms with Crippen LogP contribution in [0.2, 0.25) is 0 Å². The van der Waals surface area contributed by atoms with Gasteiger partial charge in [-0.3, -0.25) is 0 Å². The van der Waals surface area contributed by atoms with Crippen LogP contribution in [-0.4, -0.2) is 25.0 Å². The van der Waals surface area contributed by atoms with Crippen LogP contribution in [0, 0.1) is 5.82 Å². The minimum Gasteiger partial charge on any atom is -0.463 e. The lowest BCUT2D eigenvalue weighted by Crippen LogP contribution is -2.06. The molecule has 5 aromatic rings. The summed E-state index contributed by atoms with van der Waals surface area (Å²) in [6, 6.07) is 17.9. The van der Waals surface area contributed by atoms with E-state index in [2.05, 4.69) is 25.6 Å². The van der Waals surface area contributed by atoms with Gasteiger partial charge in [0.1, 0.15) is 11.5 Å². The van der Waals surface area contributed by atoms with Crippen molar-refractivity contribution < 1.29 is 8.81 Å². The Labute approximate surface area is 176 Å². The van der Waals surface area contributed by atoms with Gasteiger partial charge >= 0.3 is 0 Å². The van der Waals surface area contributed by atoms with Crippen molar-refractivity contribution in [2.75, 3.05) is 11.1 Å². The van der Waals surface area contributed by atoms with Crippen LogP contribution >= 0.6 is 0 Å². The Morgan fingerprint density at radius 2 is 1.87 bits per heavy atom. The normalized spacial score (nSPS) is 11.1. The number of rotatable bonds is 6. The molecular formula is C22H18FN7O. The van der Waals surface area contributed by atoms with Crippen LogP contribution in [0.5, 0.6) is 0 Å². The zero-order chi connectivity index (χ0) is 21.2. The summed E-state index contributed by atoms with van der Waals surface area (Å²) in [5.41, 5.74) is 10.4. The molecule has 0 saturated heterocycles. The fourth-order valence-electron chi connectivity index (χ4n) is 3.32. The Bertz CT molecular complexity index is 1330. The quantitative estimate of drug-likeness (QED) is 0.433. The number of halogens is 1. The molecule has 8 nitrogen and oxygen atoms in total. The Morgan fingerprint density at radius 1 is 1.00 bits per heavy atom. The predicted molar refractivity (Wildman–Crippen MR) is 115 cm³/mol. The molecular weight excluding hydrogens is 397 g/mol. The second-order valence-corrected chi connectivity index (χ2v) is 7.01. The molecule has 0 bridgehead atoms. The second kappa shape index (κ2) is 7.86. The van der Waals surface area contributed by atoms with Gasteiger partial charge in [-0.2, -0.15) is 4.98 Å². The standard InChI is InChI=1S/C22H18FN7O/c23-16-8-6-14(7-9-16)12-25-17-4-1-3-15(11-17)13-30-21-20(28-29-30)19(26-22(24)27-21)18-5-2-10-31-18/h1-11,25H,12-13H2,(H2,24,26,27). The maximum atomic E-state index is 13.1. The number of nitrogens with zero attached hydrogens (tertiary/aromatic N) is 5. The molecule has 31 heavy (non-hydrogen) atoms. The lowest BCUT2D eigenvalue weighted by Gasteiger charge is -2.09. The average molecular weight is 415 g/mol. The molecule has 9 heteroatoms. The largest absolute Gasteiger partial charge is 0.463 e. The predicted octanol–water partition coefficient (Wildman–Crippen LogP) is 3.86. The Kier molecular flexibility index (Phi) is 4.75. The van der Waals surface area contributed by atoms with Gasteiger partial charge in [-0.25, -0.2) is 14.1 Å². The molecule has 0 radical (unpaired) electrons. The van der Waals surface area contributed by atoms with E-state index in [4.69, 9.17) is 10.2 Å². The molecule has 154 valence electrons. The van der Waals surface area contributed by atoms with Crippen LogP contribution in [0.1, 0.15) is 11.1 Å². The molecule has 3 aromatic heterocycles. The molecule has 0 aliphatic carbocycles. The van der Waals surface area contributed by atoms with E-state index in [-0.39, 0.29) is 11.8 Å². The fraction of sp³-hybridized carbons (Fsp3) is 0.0909. The highest BCUT2D eigenvalue weighted by Gasteiger charge is 2.17. The summed E-state index contributed by atoms with van der Waals surface area (Å²) in [5, 5.41) is 11.8. The molecule has 0 amide bonds. The molecule has 0 fully saturated rings. The van der Waals surface area contributed by atoms with Crippen molar-refractivity contribution in [3.05, 3.63) is 83.9 Å². The Hall–Kier alpha value is -4.27. The highest BCUT2D eigenvalue weighted by molar-refractivity contribution is 5.85. The molecule has 2 aromatic carbocycles. The van der Waals surface area contributed by atoms with E-state index in [1.165, 1.54) is 12.1 Å². The highest BCUT2D eigenvalue weighted by Crippen LogP contribution is 2.26. The number of benzene rings is 2. The smallest absolute Gasteiger partial charge is 0.222 e. The van der Waals surface area contributed by atoms with Crippen LogP contribution in [0.25, 0.3) is 22.6 Å². The first kappa shape index (κ1) is 18.7. The molecule has 0 atom stereocenters. The van der Waals surface area contributed by atoms with Crippen LogP contribution in [0.15, 0.2) is 71.3 Å². The SMILES string of the molecule is Nc1nc(-c2ccco2)c2nnn(Cc3cccc(NCc4ccc(F)cc4)c3)c2n1. The van der Waals surface area contributed by atoms with Gasteiger partial charge in [0.25, 0.3) is 0 Å². The van der Waals surface area contributed by atoms with Crippen molar-refractivity contribution in [1.82, 2.24) is 25.0 Å². The molecule has 0 unspecified atom stereocenters. The van der Waals surface area contributed by atoms with Gasteiger partial charge in [0.05, 0.1) is 12.8 Å². The van der Waals surface area contributed by atoms with Gasteiger partial charge in [0.2, 0.25) is 5.95 Å². The number of nitrogens with one attached hydrogen (secondary N) is 1. The van der Waals surface area contributed by atoms with Crippen molar-refractivity contribution in [1.29, 1.82) is 0 Å². The monoisotopic (exact) mass is 415 g/mol. The lowest BCUT2D eigenvalue weighted by atomic mass is 10.2. The van der Waals surface area contributed by atoms with Gasteiger partial charge in [0, 0.05) is 12.2 Å². The van der Waals surface area contributed by atoms with E-state index < -0.39 is 0 Å². The molecule has 3 heterocycles. The first-order chi connectivity index (χ1) is 15.2. The number of furan rings is 1. The van der Waals surface area contributed by atoms with E-state index in [1.807, 2.05) is 24.3 Å². The summed E-state index contributed by atoms with van der Waals surface area (Å²) in [6.07, 6.45) is 1.56. The fourth-order valence-corrected chi connectivity index (χ4v) is 3.32. The molecule has 5 rings (SSSR count). The number of aromatic nitrogens is 5. The third-order valence-corrected chi connectivity index (χ3v) is 4.80. The van der Waals surface area contributed by atoms with Crippen molar-refractivity contribution in [3.63, 3.8) is 0 Å². The van der Waals surface area contributed by atoms with E-state index >= 15 is 0 Å². The van der Waals surface area contributed by atoms with Crippen LogP contribution in [-0.2, 0) is 13.1 Å². The first-order valence-corrected chi connectivity index (χ1v) is 9.63. The zero-order valence-electron chi connectivity index (χ0n) is 16.4. The summed E-state index contributed by atoms with van der Waals surface area (Å²) >= 11 is 0. The molecule has 0 aliphatic heterocycles. The average Bonchev–Trinajstić information content (AvgIpc) is 3.44. The first-order valence-electron chi connectivity index (χ1n) is 9.63. The molecule has 0 spiro atoms. The van der Waals surface area contributed by atoms with Crippen molar-refractivity contribution in [3.8, 4) is 11.5 Å². The van der Waals surface area contributed by atoms with E-state index in [1.54, 1.807) is 35.2 Å². The van der Waals surface area contributed by atoms with Crippen LogP contribution in [0.4, 0.5) is 16.0 Å². The summed E-state index contributed by atoms with van der Waals surface area (Å²) in [5.74, 6) is 0.431. The minimum atomic E-state index is -0.245. The summed E-state index contributed by atoms with van der Waals surface area (Å²) in [4.78, 5) is 8.58. The van der Waals surface area contributed by atoms with Gasteiger partial charge in [-0.05, 0) is 47.5 Å². The number of nitrogens with two attached hydrogens (primary N) is 1. The maximum absolute atomic E-state index is 13.1. The Balaban J connectivity index is 1.39. The number of hydrogen-bond donors (Lipinski definition) is 2. The van der Waals surface area contributed by atoms with Gasteiger partial charge in [-0.1, -0.05) is 29.5 Å². The molecule has 0 aliphatic rings. The van der Waals surface area contributed by atoms with E-state index in [9.17, 15) is 4.39 Å². The third-order valence-electron chi connectivity index (χ3n) is 4.80. The Morgan fingerprint density at radius 3 is 2.68 bits per heavy atom. The third kappa shape index (κ3) is 3.93. The topological polar surface area (TPSA) is 108 Å². The van der Waals surface area contributed by atoms with Crippen molar-refractivity contribution >= 4 is 22.8 Å². The molecule has 3 N–H and O–H groups in total. The van der Waals surface area contributed by atoms with E-state index in [0.717, 1.165) is 16.8 Å². The van der Waals surface area contributed by atoms with Gasteiger partial charge < -0.3 is 15.5 Å². The number of fused-ring (bicyclic) bond motifs is 1. The number of nitrogen functional groups attached to an aromatic ring is 1. The van der Waals surface area contributed by atoms with Crippen molar-refractivity contribution in [2.45, 2.75) is 13.1 Å². The maximum Gasteiger partial charge on any atom is 0.222 e. The van der Waals surface area contributed by atoms with Gasteiger partial charge in [-0.15, -0.1) is 5.10 Å². The van der Waals surface area contributed by atoms with Crippen LogP contribution in [0.3, 0.4) is 0 Å². The van der Waals surface area contributed by atoms with Gasteiger partial charge in [0.15, 0.2) is 16.9 Å². The molecule has 0 saturated carbocycles. The minimum absolute atomic E-state index is 0.122. The second-order valence-electron chi connectivity index (χ2n) is 7.01. The number of hydrogen-bond acceptors (Lipinski definition) is 7. The van der Waals surface area contributed by atoms with Crippen LogP contribution < -0.4 is 11.1 Å². The zero-order valence-corrected chi connectivity index (χ0v) is 16.4. The van der Waals surface area contributed by atoms with E-state index in [0.29, 0.717) is 35.7 Å². The van der Waals surface area contributed by atoms with Crippen molar-refractivity contribution in [2.24, 2.45) is 0 Å². The highest BCUT2D eigenvalue weighted by atomic mass is 19.1. The summed E-state index contributed by atoms with van der Waals surface area (Å²) in [7, 11) is 0. The summed E-state index contributed by atoms with van der Waals surface area (Å²) in [6.45, 7) is 1.04.